The van der Waals surface area contributed by atoms with Crippen molar-refractivity contribution in [3.8, 4) is 11.4 Å². The molecule has 1 saturated carbocycles. The molecule has 2 heterocycles. The Morgan fingerprint density at radius 3 is 2.54 bits per heavy atom. The Balaban J connectivity index is 1.44. The van der Waals surface area contributed by atoms with Gasteiger partial charge < -0.3 is 15.0 Å². The summed E-state index contributed by atoms with van der Waals surface area (Å²) in [7, 11) is 0. The molecular weight excluding hydrogens is 332 g/mol. The number of hydrogen-bond acceptors (Lipinski definition) is 4. The summed E-state index contributed by atoms with van der Waals surface area (Å²) in [5.41, 5.74) is 0.756. The molecule has 2 aliphatic rings. The second kappa shape index (κ2) is 6.55. The number of anilines is 1. The van der Waals surface area contributed by atoms with Gasteiger partial charge in [0.2, 0.25) is 5.91 Å². The van der Waals surface area contributed by atoms with Crippen LogP contribution in [-0.4, -0.2) is 31.7 Å². The number of fused-ring (bicyclic) bond motifs is 1. The number of aliphatic carboxylic acids is 1. The van der Waals surface area contributed by atoms with Crippen LogP contribution in [0.3, 0.4) is 0 Å². The smallest absolute Gasteiger partial charge is 0.310 e. The van der Waals surface area contributed by atoms with Gasteiger partial charge in [-0.15, -0.1) is 10.2 Å². The third kappa shape index (κ3) is 2.98. The van der Waals surface area contributed by atoms with Crippen molar-refractivity contribution in [3.05, 3.63) is 30.1 Å². The molecule has 1 aromatic heterocycles. The van der Waals surface area contributed by atoms with Crippen LogP contribution in [-0.2, 0) is 22.6 Å². The maximum absolute atomic E-state index is 12.2. The molecule has 0 atom stereocenters. The molecule has 2 N–H and O–H groups in total. The Kier molecular flexibility index (Phi) is 4.22. The summed E-state index contributed by atoms with van der Waals surface area (Å²) in [6, 6.07) is 7.48. The van der Waals surface area contributed by atoms with E-state index < -0.39 is 11.4 Å². The van der Waals surface area contributed by atoms with E-state index in [0.717, 1.165) is 49.4 Å². The first-order valence-electron chi connectivity index (χ1n) is 9.13. The van der Waals surface area contributed by atoms with Crippen LogP contribution in [0.5, 0.6) is 0 Å². The molecule has 7 heteroatoms. The molecule has 0 radical (unpaired) electrons. The molecule has 1 aromatic carbocycles. The summed E-state index contributed by atoms with van der Waals surface area (Å²) in [5, 5.41) is 20.7. The number of carboxylic acids is 1. The van der Waals surface area contributed by atoms with E-state index in [-0.39, 0.29) is 12.3 Å². The third-order valence-electron chi connectivity index (χ3n) is 5.55. The number of rotatable bonds is 5. The highest BCUT2D eigenvalue weighted by Gasteiger charge is 2.45. The number of nitrogens with one attached hydrogen (secondary N) is 1. The first-order chi connectivity index (χ1) is 12.6. The Hall–Kier alpha value is -2.70. The number of hydrogen-bond donors (Lipinski definition) is 2. The molecule has 1 aliphatic heterocycles. The Labute approximate surface area is 151 Å². The lowest BCUT2D eigenvalue weighted by Gasteiger charge is -2.36. The highest BCUT2D eigenvalue weighted by Crippen LogP contribution is 2.44. The first kappa shape index (κ1) is 16.8. The standard InChI is InChI=1S/C19H22N4O3/c24-16(12-19(18(25)26)9-3-10-19)20-14-7-5-13(6-8-14)17-22-21-15-4-1-2-11-23(15)17/h5-8H,1-4,9-12H2,(H,20,24)(H,25,26). The van der Waals surface area contributed by atoms with Crippen LogP contribution in [0.4, 0.5) is 5.69 Å². The maximum atomic E-state index is 12.2. The van der Waals surface area contributed by atoms with Gasteiger partial charge in [-0.2, -0.15) is 0 Å². The van der Waals surface area contributed by atoms with E-state index in [1.807, 2.05) is 24.3 Å². The van der Waals surface area contributed by atoms with Gasteiger partial charge in [0, 0.05) is 30.6 Å². The minimum atomic E-state index is -0.870. The molecule has 7 nitrogen and oxygen atoms in total. The van der Waals surface area contributed by atoms with Gasteiger partial charge in [0.1, 0.15) is 5.82 Å². The van der Waals surface area contributed by atoms with Gasteiger partial charge in [-0.1, -0.05) is 6.42 Å². The molecule has 0 spiro atoms. The average molecular weight is 354 g/mol. The largest absolute Gasteiger partial charge is 0.481 e. The zero-order valence-corrected chi connectivity index (χ0v) is 14.6. The summed E-state index contributed by atoms with van der Waals surface area (Å²) in [4.78, 5) is 23.6. The van der Waals surface area contributed by atoms with Crippen molar-refractivity contribution < 1.29 is 14.7 Å². The molecule has 0 bridgehead atoms. The second-order valence-corrected chi connectivity index (χ2v) is 7.29. The summed E-state index contributed by atoms with van der Waals surface area (Å²) >= 11 is 0. The van der Waals surface area contributed by atoms with Crippen LogP contribution < -0.4 is 5.32 Å². The van der Waals surface area contributed by atoms with Gasteiger partial charge >= 0.3 is 5.97 Å². The summed E-state index contributed by atoms with van der Waals surface area (Å²) in [5.74, 6) is 0.769. The monoisotopic (exact) mass is 354 g/mol. The van der Waals surface area contributed by atoms with Gasteiger partial charge in [-0.25, -0.2) is 0 Å². The zero-order chi connectivity index (χ0) is 18.1. The number of aryl methyl sites for hydroxylation is 1. The van der Waals surface area contributed by atoms with E-state index in [9.17, 15) is 14.7 Å². The van der Waals surface area contributed by atoms with Gasteiger partial charge in [-0.05, 0) is 49.9 Å². The van der Waals surface area contributed by atoms with Crippen LogP contribution >= 0.6 is 0 Å². The molecule has 1 aliphatic carbocycles. The Bertz CT molecular complexity index is 837. The van der Waals surface area contributed by atoms with E-state index >= 15 is 0 Å². The van der Waals surface area contributed by atoms with Crippen LogP contribution in [0, 0.1) is 5.41 Å². The molecule has 1 fully saturated rings. The normalized spacial score (nSPS) is 17.8. The van der Waals surface area contributed by atoms with E-state index in [1.165, 1.54) is 0 Å². The van der Waals surface area contributed by atoms with Crippen LogP contribution in [0.15, 0.2) is 24.3 Å². The predicted molar refractivity (Wildman–Crippen MR) is 95.6 cm³/mol. The number of nitrogens with zero attached hydrogens (tertiary/aromatic N) is 3. The number of benzene rings is 1. The van der Waals surface area contributed by atoms with Crippen molar-refractivity contribution in [2.45, 2.75) is 51.5 Å². The third-order valence-corrected chi connectivity index (χ3v) is 5.55. The van der Waals surface area contributed by atoms with E-state index in [1.54, 1.807) is 0 Å². The number of amides is 1. The lowest BCUT2D eigenvalue weighted by Crippen LogP contribution is -2.41. The fourth-order valence-electron chi connectivity index (χ4n) is 3.81. The highest BCUT2D eigenvalue weighted by molar-refractivity contribution is 5.94. The molecule has 136 valence electrons. The Morgan fingerprint density at radius 2 is 1.88 bits per heavy atom. The minimum Gasteiger partial charge on any atom is -0.481 e. The number of carbonyl (C=O) groups excluding carboxylic acids is 1. The SMILES string of the molecule is O=C(CC1(C(=O)O)CCC1)Nc1ccc(-c2nnc3n2CCCC3)cc1. The number of carbonyl (C=O) groups is 2. The Morgan fingerprint density at radius 1 is 1.12 bits per heavy atom. The van der Waals surface area contributed by atoms with Gasteiger partial charge in [-0.3, -0.25) is 9.59 Å². The zero-order valence-electron chi connectivity index (χ0n) is 14.6. The fourth-order valence-corrected chi connectivity index (χ4v) is 3.81. The molecule has 4 rings (SSSR count). The van der Waals surface area contributed by atoms with Gasteiger partial charge in [0.05, 0.1) is 5.41 Å². The topological polar surface area (TPSA) is 97.1 Å². The molecular formula is C19H22N4O3. The summed E-state index contributed by atoms with van der Waals surface area (Å²) in [6.45, 7) is 0.938. The van der Waals surface area contributed by atoms with Gasteiger partial charge in [0.15, 0.2) is 5.82 Å². The highest BCUT2D eigenvalue weighted by atomic mass is 16.4. The summed E-state index contributed by atoms with van der Waals surface area (Å²) < 4.78 is 2.16. The predicted octanol–water partition coefficient (Wildman–Crippen LogP) is 2.86. The van der Waals surface area contributed by atoms with Crippen molar-refractivity contribution in [2.24, 2.45) is 5.41 Å². The van der Waals surface area contributed by atoms with Crippen molar-refractivity contribution in [3.63, 3.8) is 0 Å². The summed E-state index contributed by atoms with van der Waals surface area (Å²) in [6.07, 6.45) is 5.31. The van der Waals surface area contributed by atoms with Crippen LogP contribution in [0.25, 0.3) is 11.4 Å². The molecule has 0 unspecified atom stereocenters. The van der Waals surface area contributed by atoms with Crippen molar-refractivity contribution in [1.82, 2.24) is 14.8 Å². The molecule has 26 heavy (non-hydrogen) atoms. The van der Waals surface area contributed by atoms with Crippen LogP contribution in [0.1, 0.15) is 44.3 Å². The van der Waals surface area contributed by atoms with Crippen LogP contribution in [0.2, 0.25) is 0 Å². The quantitative estimate of drug-likeness (QED) is 0.860. The maximum Gasteiger partial charge on any atom is 0.310 e. The van der Waals surface area contributed by atoms with Crippen molar-refractivity contribution in [2.75, 3.05) is 5.32 Å². The van der Waals surface area contributed by atoms with Crippen molar-refractivity contribution in [1.29, 1.82) is 0 Å². The van der Waals surface area contributed by atoms with Gasteiger partial charge in [0.25, 0.3) is 0 Å². The minimum absolute atomic E-state index is 0.0295. The fraction of sp³-hybridized carbons (Fsp3) is 0.474. The molecule has 1 amide bonds. The number of aromatic nitrogens is 3. The second-order valence-electron chi connectivity index (χ2n) is 7.29. The molecule has 2 aromatic rings. The van der Waals surface area contributed by atoms with E-state index in [4.69, 9.17) is 0 Å². The average Bonchev–Trinajstić information content (AvgIpc) is 3.02. The van der Waals surface area contributed by atoms with E-state index in [0.29, 0.717) is 18.5 Å². The molecule has 0 saturated heterocycles. The lowest BCUT2D eigenvalue weighted by atomic mass is 9.66. The number of carboxylic acid groups (broad SMARTS) is 1. The first-order valence-corrected chi connectivity index (χ1v) is 9.13. The van der Waals surface area contributed by atoms with E-state index in [2.05, 4.69) is 20.1 Å². The lowest BCUT2D eigenvalue weighted by molar-refractivity contribution is -0.157. The van der Waals surface area contributed by atoms with Crippen molar-refractivity contribution >= 4 is 17.6 Å².